The van der Waals surface area contributed by atoms with Gasteiger partial charge in [0, 0.05) is 18.8 Å². The van der Waals surface area contributed by atoms with Crippen molar-refractivity contribution >= 4 is 5.91 Å². The fourth-order valence-electron chi connectivity index (χ4n) is 2.77. The van der Waals surface area contributed by atoms with E-state index >= 15 is 0 Å². The van der Waals surface area contributed by atoms with Crippen LogP contribution in [0.1, 0.15) is 49.8 Å². The van der Waals surface area contributed by atoms with Crippen LogP contribution in [0.15, 0.2) is 6.20 Å². The normalized spacial score (nSPS) is 18.7. The van der Waals surface area contributed by atoms with Gasteiger partial charge in [0.05, 0.1) is 6.10 Å². The lowest BCUT2D eigenvalue weighted by atomic mass is 10.2. The average molecular weight is 306 g/mol. The van der Waals surface area contributed by atoms with Gasteiger partial charge in [-0.3, -0.25) is 9.69 Å². The first-order valence-electron chi connectivity index (χ1n) is 8.03. The highest BCUT2D eigenvalue weighted by Gasteiger charge is 2.24. The summed E-state index contributed by atoms with van der Waals surface area (Å²) >= 11 is 0. The Labute approximate surface area is 132 Å². The maximum absolute atomic E-state index is 12.4. The molecule has 0 saturated carbocycles. The number of rotatable bonds is 6. The van der Waals surface area contributed by atoms with Crippen LogP contribution in [0.5, 0.6) is 5.88 Å². The number of carbonyl (C=O) groups excluding carboxylic acids is 1. The van der Waals surface area contributed by atoms with E-state index in [2.05, 4.69) is 27.1 Å². The van der Waals surface area contributed by atoms with Crippen LogP contribution in [0.4, 0.5) is 0 Å². The molecule has 1 aliphatic heterocycles. The highest BCUT2D eigenvalue weighted by molar-refractivity contribution is 5.96. The molecular weight excluding hydrogens is 280 g/mol. The van der Waals surface area contributed by atoms with Crippen LogP contribution in [-0.4, -0.2) is 52.6 Å². The van der Waals surface area contributed by atoms with Crippen LogP contribution in [0.3, 0.4) is 0 Å². The van der Waals surface area contributed by atoms with Crippen molar-refractivity contribution < 1.29 is 9.53 Å². The van der Waals surface area contributed by atoms with E-state index in [0.717, 1.165) is 19.5 Å². The first kappa shape index (κ1) is 16.7. The Bertz CT molecular complexity index is 519. The SMILES string of the molecule is CCN1CCCC1CNC(=O)c1cnc(C)nc1OC(C)C. The minimum atomic E-state index is -0.168. The van der Waals surface area contributed by atoms with Crippen molar-refractivity contribution in [1.82, 2.24) is 20.2 Å². The topological polar surface area (TPSA) is 67.4 Å². The van der Waals surface area contributed by atoms with Gasteiger partial charge >= 0.3 is 0 Å². The maximum Gasteiger partial charge on any atom is 0.258 e. The Morgan fingerprint density at radius 3 is 3.00 bits per heavy atom. The van der Waals surface area contributed by atoms with E-state index in [4.69, 9.17) is 4.74 Å². The third-order valence-corrected chi connectivity index (χ3v) is 3.87. The average Bonchev–Trinajstić information content (AvgIpc) is 2.91. The molecule has 1 aromatic heterocycles. The summed E-state index contributed by atoms with van der Waals surface area (Å²) < 4.78 is 5.64. The molecule has 1 saturated heterocycles. The third-order valence-electron chi connectivity index (χ3n) is 3.87. The third kappa shape index (κ3) is 4.16. The van der Waals surface area contributed by atoms with Gasteiger partial charge in [-0.1, -0.05) is 6.92 Å². The van der Waals surface area contributed by atoms with E-state index in [1.165, 1.54) is 6.42 Å². The monoisotopic (exact) mass is 306 g/mol. The van der Waals surface area contributed by atoms with E-state index in [9.17, 15) is 4.79 Å². The van der Waals surface area contributed by atoms with E-state index in [1.807, 2.05) is 13.8 Å². The van der Waals surface area contributed by atoms with Gasteiger partial charge in [0.25, 0.3) is 5.91 Å². The smallest absolute Gasteiger partial charge is 0.258 e. The second-order valence-corrected chi connectivity index (χ2v) is 5.94. The van der Waals surface area contributed by atoms with Crippen molar-refractivity contribution in [2.75, 3.05) is 19.6 Å². The summed E-state index contributed by atoms with van der Waals surface area (Å²) in [5.41, 5.74) is 0.403. The molecule has 0 radical (unpaired) electrons. The molecular formula is C16H26N4O2. The van der Waals surface area contributed by atoms with Crippen molar-refractivity contribution in [3.05, 3.63) is 17.6 Å². The van der Waals surface area contributed by atoms with Crippen molar-refractivity contribution in [2.45, 2.75) is 52.7 Å². The molecule has 1 aromatic rings. The molecule has 1 N–H and O–H groups in total. The Kier molecular flexibility index (Phi) is 5.71. The largest absolute Gasteiger partial charge is 0.474 e. The number of likely N-dealkylation sites (tertiary alicyclic amines) is 1. The number of hydrogen-bond acceptors (Lipinski definition) is 5. The molecule has 122 valence electrons. The minimum Gasteiger partial charge on any atom is -0.474 e. The van der Waals surface area contributed by atoms with Crippen molar-refractivity contribution in [2.24, 2.45) is 0 Å². The van der Waals surface area contributed by atoms with E-state index < -0.39 is 0 Å². The van der Waals surface area contributed by atoms with Gasteiger partial charge in [-0.15, -0.1) is 0 Å². The first-order chi connectivity index (χ1) is 10.5. The predicted octanol–water partition coefficient (Wildman–Crippen LogP) is 1.79. The summed E-state index contributed by atoms with van der Waals surface area (Å²) in [4.78, 5) is 23.2. The number of likely N-dealkylation sites (N-methyl/N-ethyl adjacent to an activating group) is 1. The zero-order valence-corrected chi connectivity index (χ0v) is 13.9. The molecule has 1 aliphatic rings. The Balaban J connectivity index is 2.02. The van der Waals surface area contributed by atoms with Crippen LogP contribution >= 0.6 is 0 Å². The number of carbonyl (C=O) groups is 1. The Morgan fingerprint density at radius 2 is 2.32 bits per heavy atom. The highest BCUT2D eigenvalue weighted by atomic mass is 16.5. The summed E-state index contributed by atoms with van der Waals surface area (Å²) in [7, 11) is 0. The van der Waals surface area contributed by atoms with Crippen LogP contribution in [0.25, 0.3) is 0 Å². The summed E-state index contributed by atoms with van der Waals surface area (Å²) in [5.74, 6) is 0.789. The molecule has 6 heteroatoms. The molecule has 6 nitrogen and oxygen atoms in total. The molecule has 1 unspecified atom stereocenters. The summed E-state index contributed by atoms with van der Waals surface area (Å²) in [6, 6.07) is 0.426. The highest BCUT2D eigenvalue weighted by Crippen LogP contribution is 2.18. The number of amides is 1. The fraction of sp³-hybridized carbons (Fsp3) is 0.688. The number of aryl methyl sites for hydroxylation is 1. The van der Waals surface area contributed by atoms with Gasteiger partial charge in [0.1, 0.15) is 11.4 Å². The molecule has 0 spiro atoms. The van der Waals surface area contributed by atoms with E-state index in [1.54, 1.807) is 13.1 Å². The number of aromatic nitrogens is 2. The molecule has 22 heavy (non-hydrogen) atoms. The lowest BCUT2D eigenvalue weighted by Gasteiger charge is -2.23. The Hall–Kier alpha value is -1.69. The number of hydrogen-bond donors (Lipinski definition) is 1. The second-order valence-electron chi connectivity index (χ2n) is 5.94. The van der Waals surface area contributed by atoms with Gasteiger partial charge in [-0.25, -0.2) is 4.98 Å². The summed E-state index contributed by atoms with van der Waals surface area (Å²) in [6.45, 7) is 10.6. The number of ether oxygens (including phenoxy) is 1. The Morgan fingerprint density at radius 1 is 1.55 bits per heavy atom. The molecule has 0 aliphatic carbocycles. The maximum atomic E-state index is 12.4. The molecule has 1 atom stereocenters. The van der Waals surface area contributed by atoms with Crippen LogP contribution in [0.2, 0.25) is 0 Å². The predicted molar refractivity (Wildman–Crippen MR) is 85.1 cm³/mol. The lowest BCUT2D eigenvalue weighted by Crippen LogP contribution is -2.40. The first-order valence-corrected chi connectivity index (χ1v) is 8.03. The van der Waals surface area contributed by atoms with Gasteiger partial charge in [-0.2, -0.15) is 4.98 Å². The second kappa shape index (κ2) is 7.54. The zero-order valence-electron chi connectivity index (χ0n) is 13.9. The van der Waals surface area contributed by atoms with Gasteiger partial charge < -0.3 is 10.1 Å². The quantitative estimate of drug-likeness (QED) is 0.868. The molecule has 0 aromatic carbocycles. The van der Waals surface area contributed by atoms with Crippen LogP contribution < -0.4 is 10.1 Å². The number of nitrogens with one attached hydrogen (secondary N) is 1. The lowest BCUT2D eigenvalue weighted by molar-refractivity contribution is 0.0933. The minimum absolute atomic E-state index is 0.0359. The zero-order chi connectivity index (χ0) is 16.1. The fourth-order valence-corrected chi connectivity index (χ4v) is 2.77. The van der Waals surface area contributed by atoms with Crippen LogP contribution in [-0.2, 0) is 0 Å². The standard InChI is InChI=1S/C16H26N4O2/c1-5-20-8-6-7-13(20)9-18-15(21)14-10-17-12(4)19-16(14)22-11(2)3/h10-11,13H,5-9H2,1-4H3,(H,18,21). The van der Waals surface area contributed by atoms with Crippen LogP contribution in [0, 0.1) is 6.92 Å². The molecule has 0 bridgehead atoms. The van der Waals surface area contributed by atoms with Crippen molar-refractivity contribution in [1.29, 1.82) is 0 Å². The van der Waals surface area contributed by atoms with Gasteiger partial charge in [0.2, 0.25) is 5.88 Å². The summed E-state index contributed by atoms with van der Waals surface area (Å²) in [5, 5.41) is 3.00. The van der Waals surface area contributed by atoms with Gasteiger partial charge in [0.15, 0.2) is 0 Å². The molecule has 1 amide bonds. The molecule has 1 fully saturated rings. The van der Waals surface area contributed by atoms with Gasteiger partial charge in [-0.05, 0) is 46.7 Å². The molecule has 2 heterocycles. The molecule has 2 rings (SSSR count). The van der Waals surface area contributed by atoms with Crippen molar-refractivity contribution in [3.8, 4) is 5.88 Å². The van der Waals surface area contributed by atoms with Crippen molar-refractivity contribution in [3.63, 3.8) is 0 Å². The van der Waals surface area contributed by atoms with E-state index in [0.29, 0.717) is 29.9 Å². The van der Waals surface area contributed by atoms with E-state index in [-0.39, 0.29) is 12.0 Å². The number of nitrogens with zero attached hydrogens (tertiary/aromatic N) is 3. The summed E-state index contributed by atoms with van der Waals surface area (Å²) in [6.07, 6.45) is 3.84.